The second-order valence-electron chi connectivity index (χ2n) is 6.40. The van der Waals surface area contributed by atoms with E-state index in [9.17, 15) is 19.7 Å². The van der Waals surface area contributed by atoms with Crippen molar-refractivity contribution in [3.05, 3.63) is 57.9 Å². The molecule has 0 aliphatic heterocycles. The molecular weight excluding hydrogens is 350 g/mol. The molecule has 0 fully saturated rings. The Kier molecular flexibility index (Phi) is 6.67. The van der Waals surface area contributed by atoms with Crippen molar-refractivity contribution in [2.45, 2.75) is 6.42 Å². The average Bonchev–Trinajstić information content (AvgIpc) is 2.98. The molecule has 0 spiro atoms. The van der Waals surface area contributed by atoms with Crippen molar-refractivity contribution in [2.24, 2.45) is 7.05 Å². The van der Waals surface area contributed by atoms with Crippen LogP contribution in [0, 0.1) is 10.1 Å². The third kappa shape index (κ3) is 5.65. The van der Waals surface area contributed by atoms with Crippen LogP contribution in [0.4, 0.5) is 11.4 Å². The van der Waals surface area contributed by atoms with E-state index in [-0.39, 0.29) is 17.2 Å². The minimum atomic E-state index is -0.557. The Balaban J connectivity index is 2.01. The number of carbonyl (C=O) groups is 2. The number of non-ortho nitro benzene ring substituents is 1. The summed E-state index contributed by atoms with van der Waals surface area (Å²) in [5, 5.41) is 16.3. The molecule has 2 rings (SSSR count). The number of benzene rings is 1. The smallest absolute Gasteiger partial charge is 0.270 e. The molecule has 9 heteroatoms. The maximum atomic E-state index is 12.3. The standard InChI is InChI=1S/C18H23N5O4/c1-21(2)9-5-8-19-18(25)16-11-14(12-22(16)3)20-17(24)13-6-4-7-15(10-13)23(26)27/h4,6-7,10-12H,5,8-9H2,1-3H3,(H,19,25)(H,20,24). The summed E-state index contributed by atoms with van der Waals surface area (Å²) in [5.41, 5.74) is 0.859. The molecule has 1 aromatic carbocycles. The van der Waals surface area contributed by atoms with Crippen LogP contribution in [0.2, 0.25) is 0 Å². The second-order valence-corrected chi connectivity index (χ2v) is 6.40. The molecule has 0 aliphatic rings. The molecule has 2 amide bonds. The van der Waals surface area contributed by atoms with E-state index in [0.717, 1.165) is 13.0 Å². The van der Waals surface area contributed by atoms with E-state index in [2.05, 4.69) is 10.6 Å². The topological polar surface area (TPSA) is 110 Å². The number of nitro groups is 1. The Morgan fingerprint density at radius 2 is 1.96 bits per heavy atom. The van der Waals surface area contributed by atoms with Crippen LogP contribution in [0.5, 0.6) is 0 Å². The van der Waals surface area contributed by atoms with Crippen molar-refractivity contribution >= 4 is 23.2 Å². The van der Waals surface area contributed by atoms with Gasteiger partial charge in [-0.05, 0) is 39.2 Å². The number of carbonyl (C=O) groups excluding carboxylic acids is 2. The summed E-state index contributed by atoms with van der Waals surface area (Å²) < 4.78 is 1.62. The lowest BCUT2D eigenvalue weighted by molar-refractivity contribution is -0.384. The zero-order valence-corrected chi connectivity index (χ0v) is 15.6. The first-order valence-electron chi connectivity index (χ1n) is 8.43. The molecule has 2 aromatic rings. The maximum Gasteiger partial charge on any atom is 0.270 e. The predicted molar refractivity (Wildman–Crippen MR) is 102 cm³/mol. The largest absolute Gasteiger partial charge is 0.351 e. The van der Waals surface area contributed by atoms with Gasteiger partial charge >= 0.3 is 0 Å². The molecule has 9 nitrogen and oxygen atoms in total. The molecule has 144 valence electrons. The average molecular weight is 373 g/mol. The molecular formula is C18H23N5O4. The molecule has 1 aromatic heterocycles. The summed E-state index contributed by atoms with van der Waals surface area (Å²) in [7, 11) is 5.64. The third-order valence-electron chi connectivity index (χ3n) is 3.88. The van der Waals surface area contributed by atoms with Gasteiger partial charge in [0.25, 0.3) is 17.5 Å². The van der Waals surface area contributed by atoms with Crippen LogP contribution >= 0.6 is 0 Å². The van der Waals surface area contributed by atoms with Crippen molar-refractivity contribution in [3.8, 4) is 0 Å². The van der Waals surface area contributed by atoms with Gasteiger partial charge in [-0.15, -0.1) is 0 Å². The van der Waals surface area contributed by atoms with Crippen LogP contribution in [0.1, 0.15) is 27.3 Å². The Morgan fingerprint density at radius 3 is 2.63 bits per heavy atom. The van der Waals surface area contributed by atoms with Crippen molar-refractivity contribution < 1.29 is 14.5 Å². The lowest BCUT2D eigenvalue weighted by Gasteiger charge is -2.10. The molecule has 0 atom stereocenters. The first kappa shape index (κ1) is 20.1. The fourth-order valence-corrected chi connectivity index (χ4v) is 2.51. The number of aryl methyl sites for hydroxylation is 1. The minimum Gasteiger partial charge on any atom is -0.351 e. The van der Waals surface area contributed by atoms with E-state index >= 15 is 0 Å². The molecule has 0 saturated heterocycles. The fraction of sp³-hybridized carbons (Fsp3) is 0.333. The van der Waals surface area contributed by atoms with E-state index in [1.807, 2.05) is 19.0 Å². The SMILES string of the molecule is CN(C)CCCNC(=O)c1cc(NC(=O)c2cccc([N+](=O)[O-])c2)cn1C. The summed E-state index contributed by atoms with van der Waals surface area (Å²) in [4.78, 5) is 36.9. The number of nitrogens with one attached hydrogen (secondary N) is 2. The lowest BCUT2D eigenvalue weighted by atomic mass is 10.2. The van der Waals surface area contributed by atoms with Crippen LogP contribution in [0.15, 0.2) is 36.5 Å². The van der Waals surface area contributed by atoms with Gasteiger partial charge in [0.15, 0.2) is 0 Å². The zero-order valence-electron chi connectivity index (χ0n) is 15.6. The van der Waals surface area contributed by atoms with Crippen LogP contribution in [0.3, 0.4) is 0 Å². The number of aromatic nitrogens is 1. The van der Waals surface area contributed by atoms with Crippen LogP contribution in [0.25, 0.3) is 0 Å². The fourth-order valence-electron chi connectivity index (χ4n) is 2.51. The molecule has 1 heterocycles. The number of hydrogen-bond acceptors (Lipinski definition) is 5. The maximum absolute atomic E-state index is 12.3. The summed E-state index contributed by atoms with van der Waals surface area (Å²) >= 11 is 0. The number of rotatable bonds is 8. The van der Waals surface area contributed by atoms with E-state index in [4.69, 9.17) is 0 Å². The predicted octanol–water partition coefficient (Wildman–Crippen LogP) is 1.87. The Morgan fingerprint density at radius 1 is 1.22 bits per heavy atom. The highest BCUT2D eigenvalue weighted by Gasteiger charge is 2.15. The highest BCUT2D eigenvalue weighted by molar-refractivity contribution is 6.05. The van der Waals surface area contributed by atoms with Crippen molar-refractivity contribution in [1.82, 2.24) is 14.8 Å². The van der Waals surface area contributed by atoms with Crippen LogP contribution in [-0.2, 0) is 7.05 Å². The monoisotopic (exact) mass is 373 g/mol. The summed E-state index contributed by atoms with van der Waals surface area (Å²) in [5.74, 6) is -0.714. The number of nitrogens with zero attached hydrogens (tertiary/aromatic N) is 3. The molecule has 2 N–H and O–H groups in total. The van der Waals surface area contributed by atoms with Gasteiger partial charge in [-0.2, -0.15) is 0 Å². The highest BCUT2D eigenvalue weighted by atomic mass is 16.6. The van der Waals surface area contributed by atoms with E-state index < -0.39 is 10.8 Å². The number of anilines is 1. The van der Waals surface area contributed by atoms with Gasteiger partial charge in [-0.25, -0.2) is 0 Å². The molecule has 0 unspecified atom stereocenters. The molecule has 0 bridgehead atoms. The molecule has 0 radical (unpaired) electrons. The van der Waals surface area contributed by atoms with E-state index in [1.165, 1.54) is 24.3 Å². The number of amides is 2. The van der Waals surface area contributed by atoms with Gasteiger partial charge in [0.2, 0.25) is 0 Å². The zero-order chi connectivity index (χ0) is 20.0. The van der Waals surface area contributed by atoms with Crippen molar-refractivity contribution in [1.29, 1.82) is 0 Å². The first-order chi connectivity index (χ1) is 12.8. The van der Waals surface area contributed by atoms with Gasteiger partial charge in [-0.1, -0.05) is 6.07 Å². The van der Waals surface area contributed by atoms with Crippen molar-refractivity contribution in [2.75, 3.05) is 32.5 Å². The summed E-state index contributed by atoms with van der Waals surface area (Å²) in [6, 6.07) is 7.03. The Bertz CT molecular complexity index is 844. The van der Waals surface area contributed by atoms with Gasteiger partial charge < -0.3 is 20.1 Å². The van der Waals surface area contributed by atoms with Gasteiger partial charge in [-0.3, -0.25) is 19.7 Å². The van der Waals surface area contributed by atoms with Crippen LogP contribution < -0.4 is 10.6 Å². The van der Waals surface area contributed by atoms with Gasteiger partial charge in [0.05, 0.1) is 10.6 Å². The highest BCUT2D eigenvalue weighted by Crippen LogP contribution is 2.17. The number of hydrogen-bond donors (Lipinski definition) is 2. The lowest BCUT2D eigenvalue weighted by Crippen LogP contribution is -2.28. The van der Waals surface area contributed by atoms with Gasteiger partial charge in [0, 0.05) is 37.5 Å². The summed E-state index contributed by atoms with van der Waals surface area (Å²) in [6.07, 6.45) is 2.45. The van der Waals surface area contributed by atoms with Crippen molar-refractivity contribution in [3.63, 3.8) is 0 Å². The second kappa shape index (κ2) is 8.95. The normalized spacial score (nSPS) is 10.7. The molecule has 27 heavy (non-hydrogen) atoms. The third-order valence-corrected chi connectivity index (χ3v) is 3.88. The first-order valence-corrected chi connectivity index (χ1v) is 8.43. The quantitative estimate of drug-likeness (QED) is 0.417. The molecule has 0 saturated carbocycles. The summed E-state index contributed by atoms with van der Waals surface area (Å²) in [6.45, 7) is 1.43. The van der Waals surface area contributed by atoms with Gasteiger partial charge in [0.1, 0.15) is 5.69 Å². The van der Waals surface area contributed by atoms with E-state index in [0.29, 0.717) is 17.9 Å². The molecule has 0 aliphatic carbocycles. The Hall–Kier alpha value is -3.20. The number of nitro benzene ring substituents is 1. The Labute approximate surface area is 157 Å². The van der Waals surface area contributed by atoms with E-state index in [1.54, 1.807) is 23.9 Å². The van der Waals surface area contributed by atoms with Crippen LogP contribution in [-0.4, -0.2) is 53.4 Å². The minimum absolute atomic E-state index is 0.159.